The molecule has 0 aromatic carbocycles. The molecule has 3 N–H and O–H groups in total. The highest BCUT2D eigenvalue weighted by Crippen LogP contribution is 1.88. The molecule has 0 saturated carbocycles. The fourth-order valence-electron chi connectivity index (χ4n) is 0.198. The Morgan fingerprint density at radius 2 is 2.40 bits per heavy atom. The third-order valence-electron chi connectivity index (χ3n) is 0.657. The predicted molar refractivity (Wildman–Crippen MR) is 30.8 cm³/mol. The molecule has 0 rings (SSSR count). The molecule has 0 heterocycles. The zero-order chi connectivity index (χ0) is 8.15. The van der Waals surface area contributed by atoms with Gasteiger partial charge in [-0.3, -0.25) is 8.98 Å². The molecule has 2 unspecified atom stereocenters. The topological polar surface area (TPSA) is 89.6 Å². The Hall–Kier alpha value is -0.530. The van der Waals surface area contributed by atoms with E-state index in [1.165, 1.54) is 0 Å². The predicted octanol–water partition coefficient (Wildman–Crippen LogP) is -1.04. The molecule has 10 heavy (non-hydrogen) atoms. The van der Waals surface area contributed by atoms with Gasteiger partial charge in [0.15, 0.2) is 0 Å². The Kier molecular flexibility index (Phi) is 4.08. The van der Waals surface area contributed by atoms with Gasteiger partial charge in [0.25, 0.3) is 0 Å². The minimum absolute atomic E-state index is 0.599. The number of halogens is 1. The first-order chi connectivity index (χ1) is 4.54. The van der Waals surface area contributed by atoms with E-state index in [0.29, 0.717) is 0 Å². The second-order valence-electron chi connectivity index (χ2n) is 1.42. The number of hydrogen-bond acceptors (Lipinski definition) is 4. The van der Waals surface area contributed by atoms with Crippen LogP contribution in [-0.2, 0) is 20.4 Å². The second kappa shape index (κ2) is 4.31. The van der Waals surface area contributed by atoms with Gasteiger partial charge in [-0.05, 0) is 0 Å². The van der Waals surface area contributed by atoms with E-state index in [1.807, 2.05) is 0 Å². The molecule has 0 aromatic heterocycles. The van der Waals surface area contributed by atoms with Crippen LogP contribution in [0, 0.1) is 0 Å². The van der Waals surface area contributed by atoms with Crippen LogP contribution in [-0.4, -0.2) is 27.9 Å². The van der Waals surface area contributed by atoms with Crippen molar-refractivity contribution in [1.29, 1.82) is 0 Å². The number of nitrogens with two attached hydrogens (primary N) is 1. The molecule has 0 aliphatic carbocycles. The molecule has 5 nitrogen and oxygen atoms in total. The van der Waals surface area contributed by atoms with Gasteiger partial charge in [-0.15, -0.1) is 3.89 Å². The van der Waals surface area contributed by atoms with Crippen LogP contribution in [0.4, 0.5) is 3.89 Å². The monoisotopic (exact) mass is 171 g/mol. The molecule has 0 radical (unpaired) electrons. The summed E-state index contributed by atoms with van der Waals surface area (Å²) >= 11 is -2.95. The molecule has 0 aliphatic heterocycles. The highest BCUT2D eigenvalue weighted by Gasteiger charge is 2.12. The first kappa shape index (κ1) is 9.47. The first-order valence-corrected chi connectivity index (χ1v) is 3.21. The minimum atomic E-state index is -2.95. The van der Waals surface area contributed by atoms with Gasteiger partial charge >= 0.3 is 17.4 Å². The lowest BCUT2D eigenvalue weighted by Gasteiger charge is -2.01. The van der Waals surface area contributed by atoms with E-state index < -0.39 is 30.1 Å². The number of hydrogen-bond donors (Lipinski definition) is 2. The summed E-state index contributed by atoms with van der Waals surface area (Å²) in [5, 5.41) is 8.07. The lowest BCUT2D eigenvalue weighted by Crippen LogP contribution is -2.34. The van der Waals surface area contributed by atoms with Crippen LogP contribution in [0.5, 0.6) is 0 Å². The van der Waals surface area contributed by atoms with Crippen molar-refractivity contribution in [2.24, 2.45) is 5.73 Å². The zero-order valence-electron chi connectivity index (χ0n) is 4.82. The van der Waals surface area contributed by atoms with Crippen molar-refractivity contribution < 1.29 is 22.2 Å². The minimum Gasteiger partial charge on any atom is -0.480 e. The molecule has 0 aromatic rings. The second-order valence-corrected chi connectivity index (χ2v) is 2.05. The van der Waals surface area contributed by atoms with Crippen molar-refractivity contribution in [1.82, 2.24) is 0 Å². The van der Waals surface area contributed by atoms with Gasteiger partial charge in [-0.25, -0.2) is 0 Å². The molecule has 0 fully saturated rings. The normalized spacial score (nSPS) is 16.2. The number of carbonyl (C=O) groups is 1. The summed E-state index contributed by atoms with van der Waals surface area (Å²) in [6, 6.07) is -1.33. The van der Waals surface area contributed by atoms with E-state index in [0.717, 1.165) is 0 Å². The highest BCUT2D eigenvalue weighted by atomic mass is 32.2. The van der Waals surface area contributed by atoms with Gasteiger partial charge in [0, 0.05) is 0 Å². The SMILES string of the molecule is NC(COS(=O)F)C(=O)O. The van der Waals surface area contributed by atoms with Crippen molar-refractivity contribution in [2.45, 2.75) is 6.04 Å². The third-order valence-corrected chi connectivity index (χ3v) is 0.979. The van der Waals surface area contributed by atoms with Crippen molar-refractivity contribution >= 4 is 17.4 Å². The van der Waals surface area contributed by atoms with Crippen LogP contribution < -0.4 is 5.73 Å². The number of carboxylic acid groups (broad SMARTS) is 1. The summed E-state index contributed by atoms with van der Waals surface area (Å²) < 4.78 is 24.6. The largest absolute Gasteiger partial charge is 0.480 e. The lowest BCUT2D eigenvalue weighted by atomic mass is 10.3. The number of rotatable bonds is 4. The Labute approximate surface area is 58.9 Å². The summed E-state index contributed by atoms with van der Waals surface area (Å²) in [6.45, 7) is -0.599. The molecule has 2 atom stereocenters. The van der Waals surface area contributed by atoms with E-state index in [2.05, 4.69) is 4.18 Å². The van der Waals surface area contributed by atoms with E-state index in [9.17, 15) is 12.9 Å². The zero-order valence-corrected chi connectivity index (χ0v) is 5.64. The van der Waals surface area contributed by atoms with Crippen LogP contribution in [0.25, 0.3) is 0 Å². The maximum absolute atomic E-state index is 11.3. The molecule has 0 bridgehead atoms. The van der Waals surface area contributed by atoms with Crippen molar-refractivity contribution in [3.8, 4) is 0 Å². The molecule has 0 spiro atoms. The Balaban J connectivity index is 3.49. The van der Waals surface area contributed by atoms with Gasteiger partial charge in [-0.1, -0.05) is 0 Å². The molecule has 0 aliphatic rings. The van der Waals surface area contributed by atoms with Crippen LogP contribution >= 0.6 is 0 Å². The standard InChI is InChI=1S/C3H6FNO4S/c4-10(8)9-1-2(5)3(6)7/h2H,1,5H2,(H,6,7). The molecule has 0 saturated heterocycles. The van der Waals surface area contributed by atoms with Gasteiger partial charge < -0.3 is 10.8 Å². The molecular formula is C3H6FNO4S. The Morgan fingerprint density at radius 1 is 1.90 bits per heavy atom. The highest BCUT2D eigenvalue weighted by molar-refractivity contribution is 7.74. The summed E-state index contributed by atoms with van der Waals surface area (Å²) in [4.78, 5) is 9.89. The number of carboxylic acids is 1. The Morgan fingerprint density at radius 3 is 2.70 bits per heavy atom. The van der Waals surface area contributed by atoms with Crippen LogP contribution in [0.15, 0.2) is 0 Å². The van der Waals surface area contributed by atoms with Crippen molar-refractivity contribution in [3.05, 3.63) is 0 Å². The van der Waals surface area contributed by atoms with E-state index in [4.69, 9.17) is 10.8 Å². The third kappa shape index (κ3) is 4.36. The molecule has 0 amide bonds. The average Bonchev–Trinajstić information content (AvgIpc) is 1.82. The average molecular weight is 171 g/mol. The molecule has 60 valence electrons. The van der Waals surface area contributed by atoms with Gasteiger partial charge in [-0.2, -0.15) is 4.21 Å². The number of aliphatic carboxylic acids is 1. The molecular weight excluding hydrogens is 165 g/mol. The smallest absolute Gasteiger partial charge is 0.344 e. The fraction of sp³-hybridized carbons (Fsp3) is 0.667. The van der Waals surface area contributed by atoms with Crippen LogP contribution in [0.1, 0.15) is 0 Å². The first-order valence-electron chi connectivity index (χ1n) is 2.23. The van der Waals surface area contributed by atoms with E-state index >= 15 is 0 Å². The molecule has 7 heteroatoms. The van der Waals surface area contributed by atoms with Crippen molar-refractivity contribution in [2.75, 3.05) is 6.61 Å². The van der Waals surface area contributed by atoms with Gasteiger partial charge in [0.05, 0.1) is 6.61 Å². The Bertz CT molecular complexity index is 151. The van der Waals surface area contributed by atoms with Gasteiger partial charge in [0.1, 0.15) is 6.04 Å². The quantitative estimate of drug-likeness (QED) is 0.527. The van der Waals surface area contributed by atoms with E-state index in [-0.39, 0.29) is 0 Å². The summed E-state index contributed by atoms with van der Waals surface area (Å²) in [5.41, 5.74) is 4.84. The maximum atomic E-state index is 11.3. The van der Waals surface area contributed by atoms with Crippen molar-refractivity contribution in [3.63, 3.8) is 0 Å². The lowest BCUT2D eigenvalue weighted by molar-refractivity contribution is -0.139. The summed E-state index contributed by atoms with van der Waals surface area (Å²) in [5.74, 6) is -1.33. The van der Waals surface area contributed by atoms with Crippen LogP contribution in [0.3, 0.4) is 0 Å². The van der Waals surface area contributed by atoms with Crippen LogP contribution in [0.2, 0.25) is 0 Å². The fourth-order valence-corrected chi connectivity index (χ4v) is 0.452. The maximum Gasteiger partial charge on any atom is 0.344 e. The summed E-state index contributed by atoms with van der Waals surface area (Å²) in [6.07, 6.45) is 0. The van der Waals surface area contributed by atoms with Gasteiger partial charge in [0.2, 0.25) is 0 Å². The van der Waals surface area contributed by atoms with E-state index in [1.54, 1.807) is 0 Å². The summed E-state index contributed by atoms with van der Waals surface area (Å²) in [7, 11) is 0.